The van der Waals surface area contributed by atoms with Gasteiger partial charge in [-0.1, -0.05) is 20.3 Å². The highest BCUT2D eigenvalue weighted by atomic mass is 15.2. The van der Waals surface area contributed by atoms with Crippen LogP contribution in [0.15, 0.2) is 0 Å². The molecule has 1 aliphatic rings. The molecule has 1 fully saturated rings. The van der Waals surface area contributed by atoms with E-state index in [1.54, 1.807) is 0 Å². The lowest BCUT2D eigenvalue weighted by atomic mass is 9.97. The van der Waals surface area contributed by atoms with Crippen molar-refractivity contribution in [3.8, 4) is 0 Å². The maximum atomic E-state index is 3.93. The molecule has 12 heavy (non-hydrogen) atoms. The lowest BCUT2D eigenvalue weighted by Gasteiger charge is -2.35. The normalized spacial score (nSPS) is 28.8. The second-order valence-electron chi connectivity index (χ2n) is 3.75. The second kappa shape index (κ2) is 4.83. The lowest BCUT2D eigenvalue weighted by molar-refractivity contribution is 0.182. The Kier molecular flexibility index (Phi) is 4.02. The molecule has 2 unspecified atom stereocenters. The van der Waals surface area contributed by atoms with Crippen LogP contribution in [-0.2, 0) is 0 Å². The standard InChI is InChI=1S/C10H21N2/c1-4-9(3)10-8-12(5-2)7-6-11-10/h9-11H,2,4-8H2,1,3H3. The van der Waals surface area contributed by atoms with Crippen LogP contribution in [0.2, 0.25) is 0 Å². The summed E-state index contributed by atoms with van der Waals surface area (Å²) >= 11 is 0. The van der Waals surface area contributed by atoms with Crippen LogP contribution < -0.4 is 5.32 Å². The zero-order valence-electron chi connectivity index (χ0n) is 8.34. The van der Waals surface area contributed by atoms with Gasteiger partial charge in [0.1, 0.15) is 0 Å². The molecule has 0 saturated carbocycles. The van der Waals surface area contributed by atoms with E-state index < -0.39 is 0 Å². The zero-order chi connectivity index (χ0) is 8.97. The molecule has 1 heterocycles. The third kappa shape index (κ3) is 2.46. The molecule has 1 aliphatic heterocycles. The number of nitrogens with zero attached hydrogens (tertiary/aromatic N) is 1. The maximum absolute atomic E-state index is 3.93. The molecule has 0 aromatic rings. The Morgan fingerprint density at radius 3 is 3.00 bits per heavy atom. The Morgan fingerprint density at radius 2 is 2.42 bits per heavy atom. The van der Waals surface area contributed by atoms with Crippen molar-refractivity contribution in [3.05, 3.63) is 6.92 Å². The topological polar surface area (TPSA) is 15.3 Å². The second-order valence-corrected chi connectivity index (χ2v) is 3.75. The van der Waals surface area contributed by atoms with Gasteiger partial charge in [-0.15, -0.1) is 0 Å². The van der Waals surface area contributed by atoms with Crippen molar-refractivity contribution in [3.63, 3.8) is 0 Å². The first-order valence-corrected chi connectivity index (χ1v) is 5.03. The third-order valence-electron chi connectivity index (χ3n) is 2.94. The van der Waals surface area contributed by atoms with Gasteiger partial charge in [-0.25, -0.2) is 0 Å². The van der Waals surface area contributed by atoms with Crippen LogP contribution in [0, 0.1) is 12.8 Å². The number of rotatable bonds is 3. The summed E-state index contributed by atoms with van der Waals surface area (Å²) in [5, 5.41) is 3.56. The van der Waals surface area contributed by atoms with Gasteiger partial charge in [0.05, 0.1) is 0 Å². The molecular formula is C10H21N2. The van der Waals surface area contributed by atoms with Gasteiger partial charge in [0.25, 0.3) is 0 Å². The summed E-state index contributed by atoms with van der Waals surface area (Å²) in [4.78, 5) is 2.42. The predicted molar refractivity (Wildman–Crippen MR) is 53.0 cm³/mol. The predicted octanol–water partition coefficient (Wildman–Crippen LogP) is 1.14. The Labute approximate surface area is 76.3 Å². The molecule has 0 bridgehead atoms. The summed E-state index contributed by atoms with van der Waals surface area (Å²) < 4.78 is 0. The first-order valence-electron chi connectivity index (χ1n) is 5.03. The first kappa shape index (κ1) is 10.0. The highest BCUT2D eigenvalue weighted by Crippen LogP contribution is 2.11. The Hall–Kier alpha value is -0.0800. The molecule has 0 aliphatic carbocycles. The van der Waals surface area contributed by atoms with Crippen LogP contribution in [-0.4, -0.2) is 37.1 Å². The molecule has 2 nitrogen and oxygen atoms in total. The van der Waals surface area contributed by atoms with Crippen molar-refractivity contribution in [1.29, 1.82) is 0 Å². The Morgan fingerprint density at radius 1 is 1.67 bits per heavy atom. The van der Waals surface area contributed by atoms with E-state index >= 15 is 0 Å². The minimum Gasteiger partial charge on any atom is -0.311 e. The molecule has 2 atom stereocenters. The van der Waals surface area contributed by atoms with Gasteiger partial charge in [-0.3, -0.25) is 0 Å². The summed E-state index contributed by atoms with van der Waals surface area (Å²) in [5.41, 5.74) is 0. The number of nitrogens with one attached hydrogen (secondary N) is 1. The molecule has 71 valence electrons. The number of piperazine rings is 1. The SMILES string of the molecule is [CH2]CN1CCNC(C(C)CC)C1. The molecule has 1 radical (unpaired) electrons. The van der Waals surface area contributed by atoms with E-state index in [9.17, 15) is 0 Å². The molecule has 1 N–H and O–H groups in total. The maximum Gasteiger partial charge on any atom is 0.0221 e. The van der Waals surface area contributed by atoms with Crippen LogP contribution in [0.4, 0.5) is 0 Å². The van der Waals surface area contributed by atoms with E-state index in [1.165, 1.54) is 13.0 Å². The summed E-state index contributed by atoms with van der Waals surface area (Å²) in [6.45, 7) is 12.9. The van der Waals surface area contributed by atoms with Crippen molar-refractivity contribution >= 4 is 0 Å². The first-order chi connectivity index (χ1) is 5.77. The fourth-order valence-electron chi connectivity index (χ4n) is 1.71. The molecule has 1 rings (SSSR count). The van der Waals surface area contributed by atoms with E-state index in [0.29, 0.717) is 6.04 Å². The highest BCUT2D eigenvalue weighted by molar-refractivity contribution is 4.81. The zero-order valence-corrected chi connectivity index (χ0v) is 8.34. The van der Waals surface area contributed by atoms with Gasteiger partial charge in [0.15, 0.2) is 0 Å². The third-order valence-corrected chi connectivity index (χ3v) is 2.94. The molecule has 1 saturated heterocycles. The molecule has 2 heteroatoms. The Balaban J connectivity index is 2.34. The van der Waals surface area contributed by atoms with E-state index in [-0.39, 0.29) is 0 Å². The molecular weight excluding hydrogens is 148 g/mol. The van der Waals surface area contributed by atoms with Gasteiger partial charge >= 0.3 is 0 Å². The van der Waals surface area contributed by atoms with E-state index in [2.05, 4.69) is 31.0 Å². The van der Waals surface area contributed by atoms with Gasteiger partial charge in [0.2, 0.25) is 0 Å². The van der Waals surface area contributed by atoms with Crippen LogP contribution in [0.1, 0.15) is 20.3 Å². The minimum atomic E-state index is 0.686. The lowest BCUT2D eigenvalue weighted by Crippen LogP contribution is -2.53. The summed E-state index contributed by atoms with van der Waals surface area (Å²) in [7, 11) is 0. The van der Waals surface area contributed by atoms with Gasteiger partial charge in [-0.2, -0.15) is 0 Å². The van der Waals surface area contributed by atoms with Crippen molar-refractivity contribution in [2.75, 3.05) is 26.2 Å². The molecule has 0 aromatic carbocycles. The quantitative estimate of drug-likeness (QED) is 0.681. The fraction of sp³-hybridized carbons (Fsp3) is 0.900. The number of hydrogen-bond acceptors (Lipinski definition) is 2. The van der Waals surface area contributed by atoms with E-state index in [0.717, 1.165) is 25.6 Å². The van der Waals surface area contributed by atoms with E-state index in [1.807, 2.05) is 0 Å². The van der Waals surface area contributed by atoms with E-state index in [4.69, 9.17) is 0 Å². The number of hydrogen-bond donors (Lipinski definition) is 1. The highest BCUT2D eigenvalue weighted by Gasteiger charge is 2.21. The van der Waals surface area contributed by atoms with Crippen LogP contribution in [0.5, 0.6) is 0 Å². The molecule has 0 aromatic heterocycles. The van der Waals surface area contributed by atoms with Crippen molar-refractivity contribution < 1.29 is 0 Å². The van der Waals surface area contributed by atoms with Crippen LogP contribution in [0.3, 0.4) is 0 Å². The molecule has 0 spiro atoms. The Bertz CT molecular complexity index is 123. The average Bonchev–Trinajstić information content (AvgIpc) is 2.17. The van der Waals surface area contributed by atoms with Crippen molar-refractivity contribution in [2.24, 2.45) is 5.92 Å². The van der Waals surface area contributed by atoms with Crippen molar-refractivity contribution in [2.45, 2.75) is 26.3 Å². The summed E-state index contributed by atoms with van der Waals surface area (Å²) in [5.74, 6) is 0.791. The minimum absolute atomic E-state index is 0.686. The summed E-state index contributed by atoms with van der Waals surface area (Å²) in [6.07, 6.45) is 1.27. The smallest absolute Gasteiger partial charge is 0.0221 e. The monoisotopic (exact) mass is 169 g/mol. The van der Waals surface area contributed by atoms with Gasteiger partial charge in [0, 0.05) is 25.7 Å². The average molecular weight is 169 g/mol. The largest absolute Gasteiger partial charge is 0.311 e. The fourth-order valence-corrected chi connectivity index (χ4v) is 1.71. The molecule has 0 amide bonds. The van der Waals surface area contributed by atoms with Crippen LogP contribution in [0.25, 0.3) is 0 Å². The van der Waals surface area contributed by atoms with Gasteiger partial charge in [-0.05, 0) is 19.4 Å². The van der Waals surface area contributed by atoms with Crippen molar-refractivity contribution in [1.82, 2.24) is 10.2 Å². The van der Waals surface area contributed by atoms with Gasteiger partial charge < -0.3 is 10.2 Å². The van der Waals surface area contributed by atoms with Crippen LogP contribution >= 0.6 is 0 Å². The summed E-state index contributed by atoms with van der Waals surface area (Å²) in [6, 6.07) is 0.686.